The third kappa shape index (κ3) is 3.56. The Morgan fingerprint density at radius 1 is 1.00 bits per heavy atom. The van der Waals surface area contributed by atoms with Crippen LogP contribution in [-0.2, 0) is 16.6 Å². The molecule has 0 bridgehead atoms. The van der Waals surface area contributed by atoms with Crippen LogP contribution in [0.4, 0.5) is 14.5 Å². The number of hydrogen-bond acceptors (Lipinski definition) is 5. The fraction of sp³-hybridized carbons (Fsp3) is 0.0526. The first-order valence-corrected chi connectivity index (χ1v) is 9.72. The van der Waals surface area contributed by atoms with Crippen molar-refractivity contribution < 1.29 is 17.2 Å². The van der Waals surface area contributed by atoms with Gasteiger partial charge in [0.1, 0.15) is 16.5 Å². The lowest BCUT2D eigenvalue weighted by atomic mass is 10.0. The van der Waals surface area contributed by atoms with Gasteiger partial charge in [-0.05, 0) is 35.9 Å². The summed E-state index contributed by atoms with van der Waals surface area (Å²) >= 11 is 0. The number of benzene rings is 2. The van der Waals surface area contributed by atoms with E-state index >= 15 is 0 Å². The quantitative estimate of drug-likeness (QED) is 0.705. The average molecular weight is 400 g/mol. The monoisotopic (exact) mass is 400 g/mol. The first-order valence-electron chi connectivity index (χ1n) is 8.28. The lowest BCUT2D eigenvalue weighted by Gasteiger charge is -2.22. The number of fused-ring (bicyclic) bond motifs is 1. The van der Waals surface area contributed by atoms with Gasteiger partial charge in [0, 0.05) is 17.8 Å². The number of nitrogens with one attached hydrogen (secondary N) is 2. The van der Waals surface area contributed by atoms with E-state index < -0.39 is 21.7 Å². The summed E-state index contributed by atoms with van der Waals surface area (Å²) in [6.45, 7) is 0.244. The average Bonchev–Trinajstić information content (AvgIpc) is 2.65. The number of rotatable bonds is 3. The normalized spacial score (nSPS) is 14.6. The Kier molecular flexibility index (Phi) is 4.52. The van der Waals surface area contributed by atoms with Crippen LogP contribution >= 0.6 is 0 Å². The molecule has 28 heavy (non-hydrogen) atoms. The van der Waals surface area contributed by atoms with Gasteiger partial charge in [-0.1, -0.05) is 18.2 Å². The van der Waals surface area contributed by atoms with Crippen molar-refractivity contribution >= 4 is 21.7 Å². The smallest absolute Gasteiger partial charge is 0.287 e. The summed E-state index contributed by atoms with van der Waals surface area (Å²) in [6, 6.07) is 12.8. The zero-order valence-electron chi connectivity index (χ0n) is 14.4. The summed E-state index contributed by atoms with van der Waals surface area (Å²) in [5.41, 5.74) is 1.44. The molecule has 0 atom stereocenters. The van der Waals surface area contributed by atoms with Crippen molar-refractivity contribution in [2.24, 2.45) is 4.40 Å². The SMILES string of the molecule is O=S1(=O)N=C(NCc2ccccn2)Nc2c(-c3cc(F)cc(F)c3)cccc21. The van der Waals surface area contributed by atoms with Crippen LogP contribution in [0.2, 0.25) is 0 Å². The molecule has 0 fully saturated rings. The van der Waals surface area contributed by atoms with Crippen molar-refractivity contribution in [3.63, 3.8) is 0 Å². The summed E-state index contributed by atoms with van der Waals surface area (Å²) < 4.78 is 56.2. The molecule has 6 nitrogen and oxygen atoms in total. The van der Waals surface area contributed by atoms with Gasteiger partial charge in [0.15, 0.2) is 0 Å². The minimum atomic E-state index is -3.99. The Morgan fingerprint density at radius 2 is 1.79 bits per heavy atom. The third-order valence-corrected chi connectivity index (χ3v) is 5.41. The van der Waals surface area contributed by atoms with Crippen molar-refractivity contribution in [3.05, 3.63) is 78.1 Å². The number of para-hydroxylation sites is 1. The van der Waals surface area contributed by atoms with E-state index in [0.717, 1.165) is 18.2 Å². The Labute approximate surface area is 160 Å². The van der Waals surface area contributed by atoms with Crippen LogP contribution in [0.1, 0.15) is 5.69 Å². The van der Waals surface area contributed by atoms with E-state index in [1.165, 1.54) is 12.1 Å². The van der Waals surface area contributed by atoms with Gasteiger partial charge in [-0.25, -0.2) is 8.78 Å². The van der Waals surface area contributed by atoms with E-state index in [9.17, 15) is 17.2 Å². The lowest BCUT2D eigenvalue weighted by Crippen LogP contribution is -2.34. The van der Waals surface area contributed by atoms with E-state index in [1.54, 1.807) is 24.4 Å². The molecule has 1 aromatic heterocycles. The van der Waals surface area contributed by atoms with Crippen molar-refractivity contribution in [2.75, 3.05) is 5.32 Å². The molecule has 2 aromatic carbocycles. The summed E-state index contributed by atoms with van der Waals surface area (Å²) in [7, 11) is -3.99. The highest BCUT2D eigenvalue weighted by atomic mass is 32.2. The van der Waals surface area contributed by atoms with Crippen LogP contribution in [0.15, 0.2) is 70.1 Å². The highest BCUT2D eigenvalue weighted by Gasteiger charge is 2.27. The highest BCUT2D eigenvalue weighted by molar-refractivity contribution is 7.90. The summed E-state index contributed by atoms with van der Waals surface area (Å²) in [5.74, 6) is -1.51. The van der Waals surface area contributed by atoms with Gasteiger partial charge < -0.3 is 10.6 Å². The second-order valence-corrected chi connectivity index (χ2v) is 7.62. The van der Waals surface area contributed by atoms with Gasteiger partial charge in [0.2, 0.25) is 5.96 Å². The van der Waals surface area contributed by atoms with Crippen molar-refractivity contribution in [3.8, 4) is 11.1 Å². The molecule has 3 aromatic rings. The molecule has 2 N–H and O–H groups in total. The Balaban J connectivity index is 1.72. The van der Waals surface area contributed by atoms with Crippen LogP contribution in [0.25, 0.3) is 11.1 Å². The maximum Gasteiger partial charge on any atom is 0.287 e. The van der Waals surface area contributed by atoms with E-state index in [-0.39, 0.29) is 28.7 Å². The van der Waals surface area contributed by atoms with E-state index in [1.807, 2.05) is 6.07 Å². The standard InChI is InChI=1S/C19H14F2N4O2S/c20-13-8-12(9-14(21)10-13)16-5-3-6-17-18(16)24-19(25-28(17,26)27)23-11-15-4-1-2-7-22-15/h1-10H,11H2,(H2,23,24,25). The molecule has 0 spiro atoms. The molecule has 0 saturated heterocycles. The minimum absolute atomic E-state index is 0.00229. The van der Waals surface area contributed by atoms with Gasteiger partial charge in [-0.15, -0.1) is 4.40 Å². The Hall–Kier alpha value is -3.33. The number of halogens is 2. The zero-order chi connectivity index (χ0) is 19.7. The second kappa shape index (κ2) is 7.01. The number of pyridine rings is 1. The van der Waals surface area contributed by atoms with Crippen LogP contribution in [0.3, 0.4) is 0 Å². The molecule has 0 aliphatic carbocycles. The highest BCUT2D eigenvalue weighted by Crippen LogP contribution is 2.37. The number of guanidine groups is 1. The summed E-state index contributed by atoms with van der Waals surface area (Å²) in [6.07, 6.45) is 1.62. The molecule has 1 aliphatic rings. The van der Waals surface area contributed by atoms with Gasteiger partial charge >= 0.3 is 0 Å². The third-order valence-electron chi connectivity index (χ3n) is 4.10. The molecule has 0 amide bonds. The number of aromatic nitrogens is 1. The fourth-order valence-electron chi connectivity index (χ4n) is 2.89. The van der Waals surface area contributed by atoms with Crippen LogP contribution < -0.4 is 10.6 Å². The minimum Gasteiger partial charge on any atom is -0.350 e. The summed E-state index contributed by atoms with van der Waals surface area (Å²) in [5, 5.41) is 5.80. The molecule has 9 heteroatoms. The first kappa shape index (κ1) is 18.1. The lowest BCUT2D eigenvalue weighted by molar-refractivity contribution is 0.584. The Bertz CT molecular complexity index is 1160. The summed E-state index contributed by atoms with van der Waals surface area (Å²) in [4.78, 5) is 4.08. The molecule has 1 aliphatic heterocycles. The zero-order valence-corrected chi connectivity index (χ0v) is 15.2. The van der Waals surface area contributed by atoms with Crippen LogP contribution in [0.5, 0.6) is 0 Å². The molecule has 0 radical (unpaired) electrons. The van der Waals surface area contributed by atoms with E-state index in [0.29, 0.717) is 11.3 Å². The van der Waals surface area contributed by atoms with E-state index in [2.05, 4.69) is 20.0 Å². The van der Waals surface area contributed by atoms with Crippen molar-refractivity contribution in [1.29, 1.82) is 0 Å². The maximum absolute atomic E-state index is 13.7. The topological polar surface area (TPSA) is 83.5 Å². The van der Waals surface area contributed by atoms with Crippen molar-refractivity contribution in [1.82, 2.24) is 10.3 Å². The molecule has 0 unspecified atom stereocenters. The van der Waals surface area contributed by atoms with Gasteiger partial charge in [-0.3, -0.25) is 4.98 Å². The maximum atomic E-state index is 13.7. The molecule has 0 saturated carbocycles. The van der Waals surface area contributed by atoms with E-state index in [4.69, 9.17) is 0 Å². The molecular weight excluding hydrogens is 386 g/mol. The Morgan fingerprint density at radius 3 is 2.50 bits per heavy atom. The predicted molar refractivity (Wildman–Crippen MR) is 101 cm³/mol. The number of sulfonamides is 1. The number of hydrogen-bond donors (Lipinski definition) is 2. The second-order valence-electron chi connectivity index (χ2n) is 6.05. The van der Waals surface area contributed by atoms with Crippen LogP contribution in [0, 0.1) is 11.6 Å². The molecule has 4 rings (SSSR count). The molecule has 2 heterocycles. The first-order chi connectivity index (χ1) is 13.4. The molecule has 142 valence electrons. The predicted octanol–water partition coefficient (Wildman–Crippen LogP) is 3.29. The van der Waals surface area contributed by atoms with Gasteiger partial charge in [0.25, 0.3) is 10.0 Å². The largest absolute Gasteiger partial charge is 0.350 e. The fourth-order valence-corrected chi connectivity index (χ4v) is 4.01. The van der Waals surface area contributed by atoms with Gasteiger partial charge in [-0.2, -0.15) is 8.42 Å². The van der Waals surface area contributed by atoms with Crippen molar-refractivity contribution in [2.45, 2.75) is 11.4 Å². The number of nitrogens with zero attached hydrogens (tertiary/aromatic N) is 2. The van der Waals surface area contributed by atoms with Gasteiger partial charge in [0.05, 0.1) is 17.9 Å². The molecular formula is C19H14F2N4O2S. The van der Waals surface area contributed by atoms with Crippen LogP contribution in [-0.4, -0.2) is 19.4 Å². The number of anilines is 1.